The van der Waals surface area contributed by atoms with E-state index in [0.717, 1.165) is 43.0 Å². The molecule has 1 fully saturated rings. The molecule has 1 amide bonds. The first kappa shape index (κ1) is 19.0. The van der Waals surface area contributed by atoms with Crippen LogP contribution in [0.5, 0.6) is 0 Å². The molecule has 0 spiro atoms. The van der Waals surface area contributed by atoms with E-state index in [-0.39, 0.29) is 23.7 Å². The maximum atomic E-state index is 13.1. The summed E-state index contributed by atoms with van der Waals surface area (Å²) in [5, 5.41) is 6.15. The van der Waals surface area contributed by atoms with Crippen molar-refractivity contribution in [2.24, 2.45) is 11.8 Å². The van der Waals surface area contributed by atoms with E-state index in [1.807, 2.05) is 31.4 Å². The van der Waals surface area contributed by atoms with Crippen LogP contribution in [-0.2, 0) is 11.3 Å². The molecule has 4 nitrogen and oxygen atoms in total. The third-order valence-electron chi connectivity index (χ3n) is 4.87. The van der Waals surface area contributed by atoms with Gasteiger partial charge >= 0.3 is 0 Å². The Hall–Kier alpha value is -1.79. The lowest BCUT2D eigenvalue weighted by Crippen LogP contribution is -2.43. The van der Waals surface area contributed by atoms with Crippen molar-refractivity contribution in [1.82, 2.24) is 15.2 Å². The Balaban J connectivity index is 1.70. The number of benzene rings is 1. The fourth-order valence-electron chi connectivity index (χ4n) is 3.44. The van der Waals surface area contributed by atoms with Gasteiger partial charge in [0.05, 0.1) is 6.04 Å². The number of piperidine rings is 1. The number of nitrogens with one attached hydrogen (secondary N) is 1. The number of rotatable bonds is 6. The first-order valence-electron chi connectivity index (χ1n) is 9.19. The molecule has 0 aliphatic carbocycles. The highest BCUT2D eigenvalue weighted by Crippen LogP contribution is 2.31. The van der Waals surface area contributed by atoms with Crippen molar-refractivity contribution in [1.29, 1.82) is 0 Å². The van der Waals surface area contributed by atoms with Crippen molar-refractivity contribution < 1.29 is 9.18 Å². The number of amides is 1. The lowest BCUT2D eigenvalue weighted by Gasteiger charge is -2.37. The van der Waals surface area contributed by atoms with E-state index >= 15 is 0 Å². The highest BCUT2D eigenvalue weighted by Gasteiger charge is 2.31. The van der Waals surface area contributed by atoms with Crippen molar-refractivity contribution in [3.63, 3.8) is 0 Å². The normalized spacial score (nSPS) is 19.5. The number of aromatic nitrogens is 1. The molecule has 0 radical (unpaired) electrons. The molecule has 2 heterocycles. The quantitative estimate of drug-likeness (QED) is 0.830. The van der Waals surface area contributed by atoms with Crippen LogP contribution < -0.4 is 5.32 Å². The number of carbonyl (C=O) groups is 1. The molecule has 3 rings (SSSR count). The van der Waals surface area contributed by atoms with Crippen molar-refractivity contribution in [2.45, 2.75) is 39.3 Å². The van der Waals surface area contributed by atoms with Crippen LogP contribution in [0, 0.1) is 17.7 Å². The zero-order chi connectivity index (χ0) is 18.5. The number of halogens is 1. The van der Waals surface area contributed by atoms with Crippen LogP contribution in [0.1, 0.15) is 43.3 Å². The van der Waals surface area contributed by atoms with Crippen LogP contribution in [0.25, 0.3) is 0 Å². The summed E-state index contributed by atoms with van der Waals surface area (Å²) in [6.07, 6.45) is 3.96. The lowest BCUT2D eigenvalue weighted by atomic mass is 9.90. The molecule has 2 aromatic rings. The molecule has 2 atom stereocenters. The molecule has 140 valence electrons. The van der Waals surface area contributed by atoms with Gasteiger partial charge in [-0.05, 0) is 43.0 Å². The van der Waals surface area contributed by atoms with Gasteiger partial charge in [0, 0.05) is 30.6 Å². The summed E-state index contributed by atoms with van der Waals surface area (Å²) in [6, 6.07) is 6.67. The third kappa shape index (κ3) is 4.89. The predicted octanol–water partition coefficient (Wildman–Crippen LogP) is 4.01. The number of carbonyl (C=O) groups excluding carboxylic acids is 1. The SMILES string of the molecule is CC(C)C(=O)NC(c1nccs1)C1CCCN(Cc2ccc(F)cc2)C1. The topological polar surface area (TPSA) is 45.2 Å². The minimum absolute atomic E-state index is 0.0408. The van der Waals surface area contributed by atoms with E-state index in [0.29, 0.717) is 5.92 Å². The molecule has 1 aromatic heterocycles. The van der Waals surface area contributed by atoms with Crippen molar-refractivity contribution in [3.8, 4) is 0 Å². The molecular formula is C20H26FN3OS. The average Bonchev–Trinajstić information content (AvgIpc) is 3.16. The van der Waals surface area contributed by atoms with Gasteiger partial charge in [0.25, 0.3) is 0 Å². The van der Waals surface area contributed by atoms with Gasteiger partial charge in [0.2, 0.25) is 5.91 Å². The summed E-state index contributed by atoms with van der Waals surface area (Å²) < 4.78 is 13.1. The number of hydrogen-bond donors (Lipinski definition) is 1. The van der Waals surface area contributed by atoms with E-state index in [2.05, 4.69) is 15.2 Å². The molecule has 2 unspecified atom stereocenters. The van der Waals surface area contributed by atoms with Crippen LogP contribution in [0.2, 0.25) is 0 Å². The minimum Gasteiger partial charge on any atom is -0.346 e. The largest absolute Gasteiger partial charge is 0.346 e. The van der Waals surface area contributed by atoms with Gasteiger partial charge in [-0.2, -0.15) is 0 Å². The second kappa shape index (κ2) is 8.73. The average molecular weight is 376 g/mol. The Bertz CT molecular complexity index is 702. The predicted molar refractivity (Wildman–Crippen MR) is 102 cm³/mol. The number of nitrogens with zero attached hydrogens (tertiary/aromatic N) is 2. The smallest absolute Gasteiger partial charge is 0.223 e. The van der Waals surface area contributed by atoms with Crippen molar-refractivity contribution in [2.75, 3.05) is 13.1 Å². The fourth-order valence-corrected chi connectivity index (χ4v) is 4.23. The van der Waals surface area contributed by atoms with Gasteiger partial charge in [-0.1, -0.05) is 26.0 Å². The Morgan fingerprint density at radius 2 is 2.15 bits per heavy atom. The summed E-state index contributed by atoms with van der Waals surface area (Å²) in [7, 11) is 0. The fraction of sp³-hybridized carbons (Fsp3) is 0.500. The van der Waals surface area contributed by atoms with Crippen molar-refractivity contribution >= 4 is 17.2 Å². The second-order valence-corrected chi connectivity index (χ2v) is 8.20. The molecule has 6 heteroatoms. The van der Waals surface area contributed by atoms with Gasteiger partial charge in [0.1, 0.15) is 10.8 Å². The van der Waals surface area contributed by atoms with Gasteiger partial charge in [-0.3, -0.25) is 9.69 Å². The van der Waals surface area contributed by atoms with Crippen LogP contribution in [0.3, 0.4) is 0 Å². The second-order valence-electron chi connectivity index (χ2n) is 7.28. The van der Waals surface area contributed by atoms with Gasteiger partial charge in [-0.25, -0.2) is 9.37 Å². The highest BCUT2D eigenvalue weighted by atomic mass is 32.1. The van der Waals surface area contributed by atoms with Crippen LogP contribution in [-0.4, -0.2) is 28.9 Å². The number of likely N-dealkylation sites (tertiary alicyclic amines) is 1. The van der Waals surface area contributed by atoms with E-state index in [9.17, 15) is 9.18 Å². The van der Waals surface area contributed by atoms with Crippen molar-refractivity contribution in [3.05, 3.63) is 52.2 Å². The molecule has 0 saturated carbocycles. The molecule has 1 saturated heterocycles. The molecule has 1 aliphatic rings. The molecule has 1 aromatic carbocycles. The zero-order valence-corrected chi connectivity index (χ0v) is 16.1. The number of hydrogen-bond acceptors (Lipinski definition) is 4. The summed E-state index contributed by atoms with van der Waals surface area (Å²) in [4.78, 5) is 19.2. The molecule has 26 heavy (non-hydrogen) atoms. The molecular weight excluding hydrogens is 349 g/mol. The zero-order valence-electron chi connectivity index (χ0n) is 15.3. The summed E-state index contributed by atoms with van der Waals surface area (Å²) in [6.45, 7) is 6.56. The Morgan fingerprint density at radius 1 is 1.38 bits per heavy atom. The van der Waals surface area contributed by atoms with Crippen LogP contribution in [0.15, 0.2) is 35.8 Å². The van der Waals surface area contributed by atoms with Gasteiger partial charge in [0.15, 0.2) is 0 Å². The summed E-state index contributed by atoms with van der Waals surface area (Å²) >= 11 is 1.60. The Morgan fingerprint density at radius 3 is 2.81 bits per heavy atom. The summed E-state index contributed by atoms with van der Waals surface area (Å²) in [5.41, 5.74) is 1.11. The van der Waals surface area contributed by atoms with E-state index in [1.54, 1.807) is 17.5 Å². The summed E-state index contributed by atoms with van der Waals surface area (Å²) in [5.74, 6) is 0.153. The van der Waals surface area contributed by atoms with Crippen LogP contribution in [0.4, 0.5) is 4.39 Å². The van der Waals surface area contributed by atoms with E-state index in [1.165, 1.54) is 12.1 Å². The number of thiazole rings is 1. The lowest BCUT2D eigenvalue weighted by molar-refractivity contribution is -0.125. The first-order chi connectivity index (χ1) is 12.5. The Kier molecular flexibility index (Phi) is 6.38. The van der Waals surface area contributed by atoms with Crippen LogP contribution >= 0.6 is 11.3 Å². The maximum Gasteiger partial charge on any atom is 0.223 e. The van der Waals surface area contributed by atoms with E-state index in [4.69, 9.17) is 0 Å². The first-order valence-corrected chi connectivity index (χ1v) is 10.1. The highest BCUT2D eigenvalue weighted by molar-refractivity contribution is 7.09. The van der Waals surface area contributed by atoms with Gasteiger partial charge < -0.3 is 5.32 Å². The van der Waals surface area contributed by atoms with E-state index < -0.39 is 0 Å². The standard InChI is InChI=1S/C20H26FN3OS/c1-14(2)19(25)23-18(20-22-9-11-26-20)16-4-3-10-24(13-16)12-15-5-7-17(21)8-6-15/h5-9,11,14,16,18H,3-4,10,12-13H2,1-2H3,(H,23,25). The maximum absolute atomic E-state index is 13.1. The Labute approximate surface area is 158 Å². The molecule has 0 bridgehead atoms. The van der Waals surface area contributed by atoms with Gasteiger partial charge in [-0.15, -0.1) is 11.3 Å². The monoisotopic (exact) mass is 375 g/mol. The third-order valence-corrected chi connectivity index (χ3v) is 5.73. The molecule has 1 N–H and O–H groups in total. The minimum atomic E-state index is -0.203. The molecule has 1 aliphatic heterocycles.